The van der Waals surface area contributed by atoms with Gasteiger partial charge in [0.25, 0.3) is 0 Å². The van der Waals surface area contributed by atoms with Gasteiger partial charge in [-0.3, -0.25) is 0 Å². The van der Waals surface area contributed by atoms with E-state index in [0.717, 1.165) is 0 Å². The summed E-state index contributed by atoms with van der Waals surface area (Å²) < 4.78 is 44.5. The van der Waals surface area contributed by atoms with E-state index in [1.807, 2.05) is 0 Å². The summed E-state index contributed by atoms with van der Waals surface area (Å²) in [7, 11) is -2.12. The largest absolute Gasteiger partial charge is 0.444 e. The lowest BCUT2D eigenvalue weighted by molar-refractivity contribution is 0.461. The second-order valence-electron chi connectivity index (χ2n) is 5.23. The summed E-state index contributed by atoms with van der Waals surface area (Å²) in [5, 5.41) is 0. The Balaban J connectivity index is 1.78. The van der Waals surface area contributed by atoms with Crippen LogP contribution in [0.1, 0.15) is 5.69 Å². The van der Waals surface area contributed by atoms with Gasteiger partial charge in [0.2, 0.25) is 15.9 Å². The minimum atomic E-state index is -3.60. The third-order valence-electron chi connectivity index (χ3n) is 3.48. The van der Waals surface area contributed by atoms with E-state index in [2.05, 4.69) is 4.98 Å². The number of oxazole rings is 1. The van der Waals surface area contributed by atoms with Crippen LogP contribution in [-0.2, 0) is 16.6 Å². The Bertz CT molecular complexity index is 922. The molecule has 124 valence electrons. The lowest BCUT2D eigenvalue weighted by Crippen LogP contribution is -2.26. The molecule has 0 radical (unpaired) electrons. The molecule has 3 aromatic rings. The smallest absolute Gasteiger partial charge is 0.243 e. The summed E-state index contributed by atoms with van der Waals surface area (Å²) in [6.45, 7) is 0.0714. The van der Waals surface area contributed by atoms with Gasteiger partial charge in [0.05, 0.1) is 17.1 Å². The molecule has 24 heavy (non-hydrogen) atoms. The maximum atomic E-state index is 12.9. The van der Waals surface area contributed by atoms with E-state index in [1.54, 1.807) is 42.5 Å². The molecule has 0 spiro atoms. The predicted octanol–water partition coefficient (Wildman–Crippen LogP) is 3.30. The van der Waals surface area contributed by atoms with E-state index in [9.17, 15) is 12.8 Å². The van der Waals surface area contributed by atoms with Crippen molar-refractivity contribution in [2.45, 2.75) is 11.4 Å². The summed E-state index contributed by atoms with van der Waals surface area (Å²) in [6.07, 6.45) is 1.40. The van der Waals surface area contributed by atoms with Gasteiger partial charge in [0, 0.05) is 12.6 Å². The Kier molecular flexibility index (Phi) is 4.46. The highest BCUT2D eigenvalue weighted by Crippen LogP contribution is 2.21. The molecule has 7 heteroatoms. The van der Waals surface area contributed by atoms with Crippen LogP contribution in [0.15, 0.2) is 70.2 Å². The molecule has 0 fully saturated rings. The summed E-state index contributed by atoms with van der Waals surface area (Å²) in [4.78, 5) is 4.48. The Hall–Kier alpha value is -2.51. The second kappa shape index (κ2) is 6.54. The minimum Gasteiger partial charge on any atom is -0.444 e. The summed E-state index contributed by atoms with van der Waals surface area (Å²) >= 11 is 0. The first-order valence-corrected chi connectivity index (χ1v) is 8.62. The van der Waals surface area contributed by atoms with E-state index in [1.165, 1.54) is 29.7 Å². The number of benzene rings is 2. The average molecular weight is 346 g/mol. The van der Waals surface area contributed by atoms with Crippen molar-refractivity contribution >= 4 is 10.0 Å². The molecule has 0 atom stereocenters. The van der Waals surface area contributed by atoms with Crippen LogP contribution in [0.4, 0.5) is 4.39 Å². The van der Waals surface area contributed by atoms with Crippen LogP contribution in [0.25, 0.3) is 11.5 Å². The van der Waals surface area contributed by atoms with Crippen molar-refractivity contribution in [1.82, 2.24) is 9.29 Å². The van der Waals surface area contributed by atoms with Crippen molar-refractivity contribution in [3.63, 3.8) is 0 Å². The monoisotopic (exact) mass is 346 g/mol. The van der Waals surface area contributed by atoms with Crippen molar-refractivity contribution in [3.05, 3.63) is 72.4 Å². The highest BCUT2D eigenvalue weighted by molar-refractivity contribution is 7.89. The van der Waals surface area contributed by atoms with Crippen molar-refractivity contribution in [3.8, 4) is 11.5 Å². The van der Waals surface area contributed by atoms with Crippen LogP contribution in [0.5, 0.6) is 0 Å². The molecule has 0 saturated carbocycles. The van der Waals surface area contributed by atoms with E-state index in [4.69, 9.17) is 4.42 Å². The first kappa shape index (κ1) is 16.4. The summed E-state index contributed by atoms with van der Waals surface area (Å²) in [5.41, 5.74) is 1.09. The third-order valence-corrected chi connectivity index (χ3v) is 5.30. The van der Waals surface area contributed by atoms with Crippen LogP contribution < -0.4 is 0 Å². The number of rotatable bonds is 5. The van der Waals surface area contributed by atoms with Crippen molar-refractivity contribution in [2.75, 3.05) is 7.05 Å². The molecule has 1 heterocycles. The van der Waals surface area contributed by atoms with Crippen LogP contribution in [0.2, 0.25) is 0 Å². The molecular weight excluding hydrogens is 331 g/mol. The zero-order valence-electron chi connectivity index (χ0n) is 12.9. The third kappa shape index (κ3) is 3.37. The van der Waals surface area contributed by atoms with Gasteiger partial charge in [-0.1, -0.05) is 18.2 Å². The second-order valence-corrected chi connectivity index (χ2v) is 7.27. The van der Waals surface area contributed by atoms with Crippen LogP contribution in [-0.4, -0.2) is 24.8 Å². The summed E-state index contributed by atoms with van der Waals surface area (Å²) in [5.74, 6) is -0.0327. The van der Waals surface area contributed by atoms with Gasteiger partial charge in [0.1, 0.15) is 12.1 Å². The Labute approximate surface area is 139 Å². The van der Waals surface area contributed by atoms with Gasteiger partial charge in [-0.2, -0.15) is 4.31 Å². The molecule has 2 aromatic carbocycles. The van der Waals surface area contributed by atoms with Crippen molar-refractivity contribution in [1.29, 1.82) is 0 Å². The number of aromatic nitrogens is 1. The Morgan fingerprint density at radius 3 is 2.42 bits per heavy atom. The molecule has 0 aliphatic rings. The molecule has 0 aliphatic heterocycles. The van der Waals surface area contributed by atoms with Gasteiger partial charge in [0.15, 0.2) is 0 Å². The van der Waals surface area contributed by atoms with Gasteiger partial charge < -0.3 is 4.42 Å². The first-order chi connectivity index (χ1) is 11.5. The van der Waals surface area contributed by atoms with E-state index >= 15 is 0 Å². The number of sulfonamides is 1. The molecular formula is C17H15FN2O3S. The quantitative estimate of drug-likeness (QED) is 0.711. The molecule has 0 aliphatic carbocycles. The Morgan fingerprint density at radius 1 is 1.08 bits per heavy atom. The van der Waals surface area contributed by atoms with Gasteiger partial charge >= 0.3 is 0 Å². The Morgan fingerprint density at radius 2 is 1.75 bits per heavy atom. The molecule has 3 rings (SSSR count). The number of nitrogens with zero attached hydrogens (tertiary/aromatic N) is 2. The van der Waals surface area contributed by atoms with Gasteiger partial charge in [-0.25, -0.2) is 17.8 Å². The lowest BCUT2D eigenvalue weighted by Gasteiger charge is -2.15. The standard InChI is InChI=1S/C17H15FN2O3S/c1-20(24(21,22)16-5-3-2-4-6-16)11-15-12-23-17(19-15)13-7-9-14(18)10-8-13/h2-10,12H,11H2,1H3. The van der Waals surface area contributed by atoms with Crippen LogP contribution in [0.3, 0.4) is 0 Å². The van der Waals surface area contributed by atoms with Gasteiger partial charge in [-0.15, -0.1) is 0 Å². The van der Waals surface area contributed by atoms with Crippen molar-refractivity contribution < 1.29 is 17.2 Å². The zero-order valence-corrected chi connectivity index (χ0v) is 13.7. The molecule has 0 bridgehead atoms. The molecule has 0 unspecified atom stereocenters. The number of halogens is 1. The fraction of sp³-hybridized carbons (Fsp3) is 0.118. The normalized spacial score (nSPS) is 11.8. The van der Waals surface area contributed by atoms with E-state index in [0.29, 0.717) is 17.1 Å². The molecule has 0 N–H and O–H groups in total. The zero-order chi connectivity index (χ0) is 17.2. The number of hydrogen-bond donors (Lipinski definition) is 0. The topological polar surface area (TPSA) is 63.4 Å². The fourth-order valence-corrected chi connectivity index (χ4v) is 3.35. The fourth-order valence-electron chi connectivity index (χ4n) is 2.19. The average Bonchev–Trinajstić information content (AvgIpc) is 3.04. The molecule has 0 saturated heterocycles. The number of hydrogen-bond acceptors (Lipinski definition) is 4. The maximum absolute atomic E-state index is 12.9. The summed E-state index contributed by atoms with van der Waals surface area (Å²) in [6, 6.07) is 13.9. The molecule has 0 amide bonds. The molecule has 1 aromatic heterocycles. The maximum Gasteiger partial charge on any atom is 0.243 e. The van der Waals surface area contributed by atoms with Crippen LogP contribution >= 0.6 is 0 Å². The molecule has 5 nitrogen and oxygen atoms in total. The highest BCUT2D eigenvalue weighted by atomic mass is 32.2. The predicted molar refractivity (Wildman–Crippen MR) is 87.0 cm³/mol. The van der Waals surface area contributed by atoms with E-state index < -0.39 is 10.0 Å². The SMILES string of the molecule is CN(Cc1coc(-c2ccc(F)cc2)n1)S(=O)(=O)c1ccccc1. The lowest BCUT2D eigenvalue weighted by atomic mass is 10.2. The van der Waals surface area contributed by atoms with Crippen LogP contribution in [0, 0.1) is 5.82 Å². The highest BCUT2D eigenvalue weighted by Gasteiger charge is 2.21. The van der Waals surface area contributed by atoms with Crippen molar-refractivity contribution in [2.24, 2.45) is 0 Å². The van der Waals surface area contributed by atoms with E-state index in [-0.39, 0.29) is 17.3 Å². The first-order valence-electron chi connectivity index (χ1n) is 7.18. The van der Waals surface area contributed by atoms with Gasteiger partial charge in [-0.05, 0) is 36.4 Å². The minimum absolute atomic E-state index is 0.0714.